The van der Waals surface area contributed by atoms with Crippen molar-refractivity contribution < 1.29 is 14.3 Å². The summed E-state index contributed by atoms with van der Waals surface area (Å²) >= 11 is 0. The van der Waals surface area contributed by atoms with Crippen molar-refractivity contribution in [2.75, 3.05) is 38.2 Å². The van der Waals surface area contributed by atoms with E-state index < -0.39 is 0 Å². The van der Waals surface area contributed by atoms with Gasteiger partial charge in [-0.25, -0.2) is 4.79 Å². The fourth-order valence-corrected chi connectivity index (χ4v) is 3.32. The number of amides is 2. The number of nitrogens with zero attached hydrogens (tertiary/aromatic N) is 2. The van der Waals surface area contributed by atoms with Gasteiger partial charge in [0.25, 0.3) is 0 Å². The lowest BCUT2D eigenvalue weighted by atomic mass is 9.95. The van der Waals surface area contributed by atoms with E-state index in [1.165, 1.54) is 0 Å². The quantitative estimate of drug-likeness (QED) is 0.714. The Morgan fingerprint density at radius 3 is 2.72 bits per heavy atom. The van der Waals surface area contributed by atoms with Gasteiger partial charge in [0.2, 0.25) is 0 Å². The van der Waals surface area contributed by atoms with Crippen LogP contribution in [0.3, 0.4) is 0 Å². The lowest BCUT2D eigenvalue weighted by Crippen LogP contribution is -2.57. The average Bonchev–Trinajstić information content (AvgIpc) is 2.78. The number of morpholine rings is 1. The van der Waals surface area contributed by atoms with E-state index >= 15 is 0 Å². The molecule has 7 nitrogen and oxygen atoms in total. The Labute approximate surface area is 172 Å². The number of carbonyl (C=O) groups is 1. The fourth-order valence-electron chi connectivity index (χ4n) is 3.32. The van der Waals surface area contributed by atoms with Crippen LogP contribution in [-0.4, -0.2) is 54.3 Å². The summed E-state index contributed by atoms with van der Waals surface area (Å²) in [4.78, 5) is 18.8. The predicted octanol–water partition coefficient (Wildman–Crippen LogP) is 3.28. The maximum Gasteiger partial charge on any atom is 0.319 e. The molecule has 0 unspecified atom stereocenters. The minimum absolute atomic E-state index is 0.0867. The summed E-state index contributed by atoms with van der Waals surface area (Å²) in [5.74, 6) is 0.700. The summed E-state index contributed by atoms with van der Waals surface area (Å²) in [5.41, 5.74) is 1.65. The van der Waals surface area contributed by atoms with Crippen LogP contribution in [0.15, 0.2) is 48.8 Å². The first kappa shape index (κ1) is 21.1. The Morgan fingerprint density at radius 1 is 1.24 bits per heavy atom. The Kier molecular flexibility index (Phi) is 7.43. The zero-order chi connectivity index (χ0) is 20.5. The maximum atomic E-state index is 12.4. The molecule has 2 N–H and O–H groups in total. The highest BCUT2D eigenvalue weighted by molar-refractivity contribution is 5.89. The van der Waals surface area contributed by atoms with Crippen molar-refractivity contribution in [1.29, 1.82) is 0 Å². The van der Waals surface area contributed by atoms with Gasteiger partial charge in [0.05, 0.1) is 13.2 Å². The number of pyridine rings is 1. The largest absolute Gasteiger partial charge is 0.489 e. The Bertz CT molecular complexity index is 781. The number of hydrogen-bond donors (Lipinski definition) is 2. The van der Waals surface area contributed by atoms with Gasteiger partial charge < -0.3 is 20.1 Å². The molecule has 1 aliphatic heterocycles. The van der Waals surface area contributed by atoms with E-state index in [0.29, 0.717) is 24.6 Å². The molecule has 0 bridgehead atoms. The van der Waals surface area contributed by atoms with Crippen molar-refractivity contribution in [3.8, 4) is 5.75 Å². The van der Waals surface area contributed by atoms with E-state index in [2.05, 4.69) is 34.4 Å². The molecule has 0 saturated carbocycles. The molecule has 1 aliphatic rings. The van der Waals surface area contributed by atoms with Crippen LogP contribution in [0.2, 0.25) is 0 Å². The van der Waals surface area contributed by atoms with Gasteiger partial charge in [-0.1, -0.05) is 13.0 Å². The standard InChI is InChI=1S/C22H30N4O3/c1-3-22(2,26-11-13-28-14-12-26)17-24-21(27)25-19-5-4-6-20(15-19)29-16-18-7-9-23-10-8-18/h4-10,15H,3,11-14,16-17H2,1-2H3,(H2,24,25,27)/t22-/m1/s1. The van der Waals surface area contributed by atoms with Crippen LogP contribution in [0.1, 0.15) is 25.8 Å². The topological polar surface area (TPSA) is 75.7 Å². The molecule has 1 saturated heterocycles. The molecule has 1 aromatic heterocycles. The molecule has 29 heavy (non-hydrogen) atoms. The molecule has 1 atom stereocenters. The van der Waals surface area contributed by atoms with Crippen molar-refractivity contribution in [3.63, 3.8) is 0 Å². The van der Waals surface area contributed by atoms with Crippen LogP contribution < -0.4 is 15.4 Å². The smallest absolute Gasteiger partial charge is 0.319 e. The Morgan fingerprint density at radius 2 is 2.00 bits per heavy atom. The van der Waals surface area contributed by atoms with Gasteiger partial charge in [-0.05, 0) is 43.2 Å². The first-order chi connectivity index (χ1) is 14.1. The summed E-state index contributed by atoms with van der Waals surface area (Å²) in [6, 6.07) is 11.0. The van der Waals surface area contributed by atoms with E-state index in [1.54, 1.807) is 12.4 Å². The Hall–Kier alpha value is -2.64. The third-order valence-corrected chi connectivity index (χ3v) is 5.41. The van der Waals surface area contributed by atoms with Crippen molar-refractivity contribution in [2.45, 2.75) is 32.4 Å². The molecule has 0 aliphatic carbocycles. The van der Waals surface area contributed by atoms with Crippen molar-refractivity contribution in [3.05, 3.63) is 54.4 Å². The molecule has 1 aromatic carbocycles. The van der Waals surface area contributed by atoms with Crippen LogP contribution in [-0.2, 0) is 11.3 Å². The zero-order valence-corrected chi connectivity index (χ0v) is 17.2. The van der Waals surface area contributed by atoms with Gasteiger partial charge in [-0.3, -0.25) is 9.88 Å². The molecule has 2 aromatic rings. The summed E-state index contributed by atoms with van der Waals surface area (Å²) in [6.45, 7) is 8.64. The maximum absolute atomic E-state index is 12.4. The molecule has 0 radical (unpaired) electrons. The molecule has 156 valence electrons. The second kappa shape index (κ2) is 10.2. The van der Waals surface area contributed by atoms with Crippen LogP contribution >= 0.6 is 0 Å². The lowest BCUT2D eigenvalue weighted by Gasteiger charge is -2.43. The Balaban J connectivity index is 1.50. The second-order valence-electron chi connectivity index (χ2n) is 7.43. The molecule has 2 heterocycles. The highest BCUT2D eigenvalue weighted by Gasteiger charge is 2.31. The van der Waals surface area contributed by atoms with E-state index in [0.717, 1.165) is 38.3 Å². The monoisotopic (exact) mass is 398 g/mol. The summed E-state index contributed by atoms with van der Waals surface area (Å²) < 4.78 is 11.3. The molecule has 0 spiro atoms. The third-order valence-electron chi connectivity index (χ3n) is 5.41. The highest BCUT2D eigenvalue weighted by Crippen LogP contribution is 2.21. The number of rotatable bonds is 8. The van der Waals surface area contributed by atoms with Gasteiger partial charge in [-0.2, -0.15) is 0 Å². The van der Waals surface area contributed by atoms with Crippen LogP contribution in [0.4, 0.5) is 10.5 Å². The van der Waals surface area contributed by atoms with E-state index in [9.17, 15) is 4.79 Å². The molecular weight excluding hydrogens is 368 g/mol. The highest BCUT2D eigenvalue weighted by atomic mass is 16.5. The summed E-state index contributed by atoms with van der Waals surface area (Å²) in [7, 11) is 0. The third kappa shape index (κ3) is 6.17. The number of aromatic nitrogens is 1. The summed E-state index contributed by atoms with van der Waals surface area (Å²) in [5, 5.41) is 5.91. The van der Waals surface area contributed by atoms with Gasteiger partial charge >= 0.3 is 6.03 Å². The van der Waals surface area contributed by atoms with Crippen molar-refractivity contribution in [2.24, 2.45) is 0 Å². The normalized spacial score (nSPS) is 16.6. The number of anilines is 1. The molecule has 7 heteroatoms. The molecule has 3 rings (SSSR count). The van der Waals surface area contributed by atoms with Gasteiger partial charge in [0.15, 0.2) is 0 Å². The summed E-state index contributed by atoms with van der Waals surface area (Å²) in [6.07, 6.45) is 4.43. The van der Waals surface area contributed by atoms with Crippen LogP contribution in [0.5, 0.6) is 5.75 Å². The number of ether oxygens (including phenoxy) is 2. The van der Waals surface area contributed by atoms with Gasteiger partial charge in [0, 0.05) is 49.3 Å². The second-order valence-corrected chi connectivity index (χ2v) is 7.43. The van der Waals surface area contributed by atoms with Crippen molar-refractivity contribution >= 4 is 11.7 Å². The first-order valence-electron chi connectivity index (χ1n) is 10.1. The minimum atomic E-state index is -0.218. The van der Waals surface area contributed by atoms with E-state index in [4.69, 9.17) is 9.47 Å². The SMILES string of the molecule is CC[C@](C)(CNC(=O)Nc1cccc(OCc2ccncc2)c1)N1CCOCC1. The zero-order valence-electron chi connectivity index (χ0n) is 17.2. The number of hydrogen-bond acceptors (Lipinski definition) is 5. The lowest BCUT2D eigenvalue weighted by molar-refractivity contribution is -0.0163. The molecule has 1 fully saturated rings. The van der Waals surface area contributed by atoms with Crippen molar-refractivity contribution in [1.82, 2.24) is 15.2 Å². The minimum Gasteiger partial charge on any atom is -0.489 e. The number of urea groups is 1. The fraction of sp³-hybridized carbons (Fsp3) is 0.455. The van der Waals surface area contributed by atoms with E-state index in [-0.39, 0.29) is 11.6 Å². The first-order valence-corrected chi connectivity index (χ1v) is 10.1. The van der Waals surface area contributed by atoms with Gasteiger partial charge in [0.1, 0.15) is 12.4 Å². The molecule has 2 amide bonds. The number of carbonyl (C=O) groups excluding carboxylic acids is 1. The van der Waals surface area contributed by atoms with Crippen LogP contribution in [0, 0.1) is 0 Å². The van der Waals surface area contributed by atoms with E-state index in [1.807, 2.05) is 36.4 Å². The van der Waals surface area contributed by atoms with Crippen LogP contribution in [0.25, 0.3) is 0 Å². The predicted molar refractivity (Wildman–Crippen MR) is 113 cm³/mol. The number of nitrogens with one attached hydrogen (secondary N) is 2. The molecular formula is C22H30N4O3. The van der Waals surface area contributed by atoms with Gasteiger partial charge in [-0.15, -0.1) is 0 Å². The average molecular weight is 399 g/mol. The number of benzene rings is 1.